The summed E-state index contributed by atoms with van der Waals surface area (Å²) < 4.78 is 0. The molecular weight excluding hydrogens is 154 g/mol. The fourth-order valence-corrected chi connectivity index (χ4v) is 1.88. The van der Waals surface area contributed by atoms with Crippen molar-refractivity contribution in [3.8, 4) is 0 Å². The van der Waals surface area contributed by atoms with E-state index in [1.54, 1.807) is 11.3 Å². The molecule has 0 saturated carbocycles. The Hall–Kier alpha value is -0.340. The second-order valence-corrected chi connectivity index (χ2v) is 3.91. The minimum Gasteiger partial charge on any atom is -0.323 e. The average molecular weight is 169 g/mol. The Bertz CT molecular complexity index is 193. The summed E-state index contributed by atoms with van der Waals surface area (Å²) in [7, 11) is 0. The molecule has 1 unspecified atom stereocenters. The van der Waals surface area contributed by atoms with Crippen molar-refractivity contribution in [1.29, 1.82) is 0 Å². The van der Waals surface area contributed by atoms with E-state index >= 15 is 0 Å². The van der Waals surface area contributed by atoms with E-state index in [4.69, 9.17) is 5.73 Å². The number of rotatable bonds is 3. The van der Waals surface area contributed by atoms with E-state index in [0.29, 0.717) is 5.92 Å². The second kappa shape index (κ2) is 3.88. The molecule has 2 N–H and O–H groups in total. The molecule has 2 heteroatoms. The van der Waals surface area contributed by atoms with Gasteiger partial charge < -0.3 is 5.73 Å². The van der Waals surface area contributed by atoms with Crippen molar-refractivity contribution in [2.45, 2.75) is 26.3 Å². The van der Waals surface area contributed by atoms with Gasteiger partial charge in [-0.2, -0.15) is 0 Å². The normalized spacial score (nSPS) is 16.3. The summed E-state index contributed by atoms with van der Waals surface area (Å²) in [5.41, 5.74) is 6.00. The van der Waals surface area contributed by atoms with Crippen LogP contribution in [-0.2, 0) is 0 Å². The van der Waals surface area contributed by atoms with Gasteiger partial charge in [0.2, 0.25) is 0 Å². The first-order valence-corrected chi connectivity index (χ1v) is 4.92. The SMILES string of the molecule is CCC(C)[C@H](N)c1cccs1. The Labute approximate surface area is 72.2 Å². The van der Waals surface area contributed by atoms with Crippen LogP contribution in [0.1, 0.15) is 31.2 Å². The topological polar surface area (TPSA) is 26.0 Å². The van der Waals surface area contributed by atoms with Crippen molar-refractivity contribution in [1.82, 2.24) is 0 Å². The molecule has 1 rings (SSSR count). The highest BCUT2D eigenvalue weighted by molar-refractivity contribution is 7.10. The smallest absolute Gasteiger partial charge is 0.0415 e. The molecule has 0 aliphatic carbocycles. The lowest BCUT2D eigenvalue weighted by atomic mass is 9.99. The lowest BCUT2D eigenvalue weighted by Crippen LogP contribution is -2.16. The number of thiophene rings is 1. The van der Waals surface area contributed by atoms with Gasteiger partial charge in [-0.1, -0.05) is 26.3 Å². The summed E-state index contributed by atoms with van der Waals surface area (Å²) >= 11 is 1.75. The van der Waals surface area contributed by atoms with Crippen LogP contribution in [0.3, 0.4) is 0 Å². The molecule has 1 heterocycles. The molecule has 0 radical (unpaired) electrons. The van der Waals surface area contributed by atoms with Crippen LogP contribution < -0.4 is 5.73 Å². The molecule has 62 valence electrons. The van der Waals surface area contributed by atoms with E-state index in [9.17, 15) is 0 Å². The van der Waals surface area contributed by atoms with Crippen molar-refractivity contribution in [3.05, 3.63) is 22.4 Å². The van der Waals surface area contributed by atoms with Crippen LogP contribution in [0.25, 0.3) is 0 Å². The monoisotopic (exact) mass is 169 g/mol. The van der Waals surface area contributed by atoms with Gasteiger partial charge in [0.05, 0.1) is 0 Å². The molecular formula is C9H15NS. The fraction of sp³-hybridized carbons (Fsp3) is 0.556. The molecule has 2 atom stereocenters. The summed E-state index contributed by atoms with van der Waals surface area (Å²) in [5, 5.41) is 2.08. The van der Waals surface area contributed by atoms with Crippen LogP contribution in [0.5, 0.6) is 0 Å². The van der Waals surface area contributed by atoms with Gasteiger partial charge in [0.15, 0.2) is 0 Å². The molecule has 11 heavy (non-hydrogen) atoms. The van der Waals surface area contributed by atoms with Gasteiger partial charge in [0, 0.05) is 10.9 Å². The molecule has 0 aliphatic heterocycles. The predicted molar refractivity (Wildman–Crippen MR) is 50.7 cm³/mol. The fourth-order valence-electron chi connectivity index (χ4n) is 1.02. The molecule has 0 aliphatic rings. The zero-order chi connectivity index (χ0) is 8.27. The lowest BCUT2D eigenvalue weighted by molar-refractivity contribution is 0.462. The zero-order valence-corrected chi connectivity index (χ0v) is 7.90. The van der Waals surface area contributed by atoms with Crippen molar-refractivity contribution in [2.24, 2.45) is 11.7 Å². The van der Waals surface area contributed by atoms with E-state index in [1.165, 1.54) is 4.88 Å². The number of nitrogens with two attached hydrogens (primary N) is 1. The number of hydrogen-bond acceptors (Lipinski definition) is 2. The summed E-state index contributed by atoms with van der Waals surface area (Å²) in [6, 6.07) is 4.41. The van der Waals surface area contributed by atoms with Crippen LogP contribution in [0.2, 0.25) is 0 Å². The van der Waals surface area contributed by atoms with E-state index < -0.39 is 0 Å². The predicted octanol–water partition coefficient (Wildman–Crippen LogP) is 2.79. The first kappa shape index (κ1) is 8.75. The molecule has 0 amide bonds. The Morgan fingerprint density at radius 1 is 1.64 bits per heavy atom. The van der Waals surface area contributed by atoms with Gasteiger partial charge in [-0.3, -0.25) is 0 Å². The molecule has 1 aromatic rings. The Morgan fingerprint density at radius 2 is 2.36 bits per heavy atom. The molecule has 0 saturated heterocycles. The first-order valence-electron chi connectivity index (χ1n) is 4.04. The van der Waals surface area contributed by atoms with Gasteiger partial charge >= 0.3 is 0 Å². The van der Waals surface area contributed by atoms with Crippen molar-refractivity contribution < 1.29 is 0 Å². The van der Waals surface area contributed by atoms with E-state index in [0.717, 1.165) is 6.42 Å². The van der Waals surface area contributed by atoms with Gasteiger partial charge in [-0.15, -0.1) is 11.3 Å². The summed E-state index contributed by atoms with van der Waals surface area (Å²) in [6.07, 6.45) is 1.15. The van der Waals surface area contributed by atoms with E-state index in [2.05, 4.69) is 31.4 Å². The molecule has 0 aromatic carbocycles. The van der Waals surface area contributed by atoms with Gasteiger partial charge in [0.25, 0.3) is 0 Å². The maximum absolute atomic E-state index is 6.00. The highest BCUT2D eigenvalue weighted by atomic mass is 32.1. The van der Waals surface area contributed by atoms with Crippen molar-refractivity contribution in [3.63, 3.8) is 0 Å². The largest absolute Gasteiger partial charge is 0.323 e. The van der Waals surface area contributed by atoms with E-state index in [1.807, 2.05) is 0 Å². The standard InChI is InChI=1S/C9H15NS/c1-3-7(2)9(10)8-5-4-6-11-8/h4-7,9H,3,10H2,1-2H3/t7?,9-/m0/s1. The third-order valence-electron chi connectivity index (χ3n) is 2.13. The molecule has 1 nitrogen and oxygen atoms in total. The summed E-state index contributed by atoms with van der Waals surface area (Å²) in [5.74, 6) is 0.591. The zero-order valence-electron chi connectivity index (χ0n) is 7.08. The first-order chi connectivity index (χ1) is 5.25. The summed E-state index contributed by atoms with van der Waals surface area (Å²) in [6.45, 7) is 4.38. The maximum Gasteiger partial charge on any atom is 0.0415 e. The highest BCUT2D eigenvalue weighted by Gasteiger charge is 2.12. The Kier molecular flexibility index (Phi) is 3.09. The van der Waals surface area contributed by atoms with Crippen molar-refractivity contribution in [2.75, 3.05) is 0 Å². The van der Waals surface area contributed by atoms with Crippen LogP contribution in [-0.4, -0.2) is 0 Å². The van der Waals surface area contributed by atoms with Gasteiger partial charge in [-0.25, -0.2) is 0 Å². The van der Waals surface area contributed by atoms with Gasteiger partial charge in [-0.05, 0) is 17.4 Å². The third-order valence-corrected chi connectivity index (χ3v) is 3.10. The molecule has 0 bridgehead atoms. The van der Waals surface area contributed by atoms with Gasteiger partial charge in [0.1, 0.15) is 0 Å². The number of hydrogen-bond donors (Lipinski definition) is 1. The second-order valence-electron chi connectivity index (χ2n) is 2.93. The van der Waals surface area contributed by atoms with Crippen molar-refractivity contribution >= 4 is 11.3 Å². The summed E-state index contributed by atoms with van der Waals surface area (Å²) in [4.78, 5) is 1.30. The van der Waals surface area contributed by atoms with Crippen LogP contribution in [0, 0.1) is 5.92 Å². The van der Waals surface area contributed by atoms with E-state index in [-0.39, 0.29) is 6.04 Å². The molecule has 1 aromatic heterocycles. The lowest BCUT2D eigenvalue weighted by Gasteiger charge is -2.15. The van der Waals surface area contributed by atoms with Crippen LogP contribution in [0.4, 0.5) is 0 Å². The maximum atomic E-state index is 6.00. The van der Waals surface area contributed by atoms with Crippen LogP contribution in [0.15, 0.2) is 17.5 Å². The average Bonchev–Trinajstić information content (AvgIpc) is 2.53. The molecule has 0 fully saturated rings. The molecule has 0 spiro atoms. The highest BCUT2D eigenvalue weighted by Crippen LogP contribution is 2.24. The minimum absolute atomic E-state index is 0.236. The Balaban J connectivity index is 2.62. The third kappa shape index (κ3) is 2.04. The quantitative estimate of drug-likeness (QED) is 0.739. The Morgan fingerprint density at radius 3 is 2.82 bits per heavy atom. The minimum atomic E-state index is 0.236. The van der Waals surface area contributed by atoms with Crippen LogP contribution >= 0.6 is 11.3 Å².